The molecule has 0 heterocycles. The Morgan fingerprint density at radius 1 is 0.879 bits per heavy atom. The van der Waals surface area contributed by atoms with E-state index in [2.05, 4.69) is 0 Å². The Morgan fingerprint density at radius 2 is 1.39 bits per heavy atom. The average molecular weight is 470 g/mol. The molecule has 0 aromatic heterocycles. The van der Waals surface area contributed by atoms with E-state index < -0.39 is 33.5 Å². The SMILES string of the molecule is CC(C)(C)OC(=O)[C@H](Cc1ccccc1)N(Cc1ccccc1)S(=O)(=O)c1ccc(F)cc1. The summed E-state index contributed by atoms with van der Waals surface area (Å²) in [6, 6.07) is 21.7. The van der Waals surface area contributed by atoms with E-state index in [-0.39, 0.29) is 17.9 Å². The number of carbonyl (C=O) groups is 1. The number of nitrogens with zero attached hydrogens (tertiary/aromatic N) is 1. The van der Waals surface area contributed by atoms with Crippen molar-refractivity contribution in [3.8, 4) is 0 Å². The molecule has 0 aliphatic rings. The van der Waals surface area contributed by atoms with E-state index in [1.54, 1.807) is 45.0 Å². The summed E-state index contributed by atoms with van der Waals surface area (Å²) in [6.45, 7) is 5.17. The molecule has 3 rings (SSSR count). The minimum atomic E-state index is -4.17. The molecular weight excluding hydrogens is 441 g/mol. The summed E-state index contributed by atoms with van der Waals surface area (Å²) in [5.74, 6) is -1.19. The zero-order chi connectivity index (χ0) is 24.1. The minimum absolute atomic E-state index is 0.0444. The first-order chi connectivity index (χ1) is 15.6. The lowest BCUT2D eigenvalue weighted by Crippen LogP contribution is -2.48. The Balaban J connectivity index is 2.11. The van der Waals surface area contributed by atoms with Crippen molar-refractivity contribution in [2.24, 2.45) is 0 Å². The predicted molar refractivity (Wildman–Crippen MR) is 125 cm³/mol. The van der Waals surface area contributed by atoms with Crippen molar-refractivity contribution < 1.29 is 22.3 Å². The molecule has 0 bridgehead atoms. The number of ether oxygens (including phenoxy) is 1. The topological polar surface area (TPSA) is 63.7 Å². The second kappa shape index (κ2) is 10.3. The van der Waals surface area contributed by atoms with E-state index in [0.717, 1.165) is 22.0 Å². The Labute approximate surface area is 194 Å². The average Bonchev–Trinajstić information content (AvgIpc) is 2.76. The molecule has 0 unspecified atom stereocenters. The van der Waals surface area contributed by atoms with Crippen LogP contribution < -0.4 is 0 Å². The fraction of sp³-hybridized carbons (Fsp3) is 0.269. The van der Waals surface area contributed by atoms with Crippen LogP contribution in [-0.2, 0) is 32.5 Å². The van der Waals surface area contributed by atoms with Crippen LogP contribution in [0.15, 0.2) is 89.8 Å². The molecule has 1 atom stereocenters. The zero-order valence-electron chi connectivity index (χ0n) is 18.9. The molecule has 33 heavy (non-hydrogen) atoms. The van der Waals surface area contributed by atoms with Crippen LogP contribution in [0, 0.1) is 5.82 Å². The first kappa shape index (κ1) is 24.6. The van der Waals surface area contributed by atoms with Gasteiger partial charge in [0.1, 0.15) is 17.5 Å². The summed E-state index contributed by atoms with van der Waals surface area (Å²) in [5.41, 5.74) is 0.704. The number of esters is 1. The second-order valence-corrected chi connectivity index (χ2v) is 10.6. The zero-order valence-corrected chi connectivity index (χ0v) is 19.8. The fourth-order valence-corrected chi connectivity index (χ4v) is 4.94. The summed E-state index contributed by atoms with van der Waals surface area (Å²) in [4.78, 5) is 13.2. The standard InChI is InChI=1S/C26H28FNO4S/c1-26(2,3)32-25(29)24(18-20-10-6-4-7-11-20)28(19-21-12-8-5-9-13-21)33(30,31)23-16-14-22(27)15-17-23/h4-17,24H,18-19H2,1-3H3/t24-/m0/s1. The lowest BCUT2D eigenvalue weighted by molar-refractivity contribution is -0.159. The van der Waals surface area contributed by atoms with Gasteiger partial charge in [0, 0.05) is 6.54 Å². The molecule has 0 aliphatic carbocycles. The number of hydrogen-bond donors (Lipinski definition) is 0. The largest absolute Gasteiger partial charge is 0.459 e. The van der Waals surface area contributed by atoms with E-state index in [4.69, 9.17) is 4.74 Å². The van der Waals surface area contributed by atoms with Gasteiger partial charge in [0.25, 0.3) is 0 Å². The molecule has 3 aromatic rings. The number of rotatable bonds is 8. The normalized spacial score (nSPS) is 13.0. The molecule has 7 heteroatoms. The second-order valence-electron chi connectivity index (χ2n) is 8.73. The van der Waals surface area contributed by atoms with E-state index in [1.807, 2.05) is 36.4 Å². The summed E-state index contributed by atoms with van der Waals surface area (Å²) in [7, 11) is -4.17. The van der Waals surface area contributed by atoms with Crippen LogP contribution in [0.3, 0.4) is 0 Å². The van der Waals surface area contributed by atoms with Crippen LogP contribution >= 0.6 is 0 Å². The highest BCUT2D eigenvalue weighted by Gasteiger charge is 2.38. The molecule has 5 nitrogen and oxygen atoms in total. The summed E-state index contributed by atoms with van der Waals surface area (Å²) < 4.78 is 47.8. The molecule has 0 saturated carbocycles. The van der Waals surface area contributed by atoms with E-state index in [1.165, 1.54) is 12.1 Å². The Bertz CT molecular complexity index is 1160. The molecule has 0 saturated heterocycles. The molecule has 0 fully saturated rings. The third-order valence-electron chi connectivity index (χ3n) is 4.90. The highest BCUT2D eigenvalue weighted by atomic mass is 32.2. The summed E-state index contributed by atoms with van der Waals surface area (Å²) >= 11 is 0. The molecule has 0 N–H and O–H groups in total. The number of sulfonamides is 1. The predicted octanol–water partition coefficient (Wildman–Crippen LogP) is 4.97. The number of benzene rings is 3. The van der Waals surface area contributed by atoms with E-state index in [0.29, 0.717) is 5.56 Å². The van der Waals surface area contributed by atoms with Gasteiger partial charge in [-0.05, 0) is 62.6 Å². The van der Waals surface area contributed by atoms with Gasteiger partial charge in [-0.1, -0.05) is 60.7 Å². The number of hydrogen-bond acceptors (Lipinski definition) is 4. The van der Waals surface area contributed by atoms with Gasteiger partial charge >= 0.3 is 5.97 Å². The van der Waals surface area contributed by atoms with Crippen molar-refractivity contribution in [1.29, 1.82) is 0 Å². The van der Waals surface area contributed by atoms with Crippen LogP contribution in [0.25, 0.3) is 0 Å². The van der Waals surface area contributed by atoms with Gasteiger partial charge in [-0.2, -0.15) is 4.31 Å². The van der Waals surface area contributed by atoms with Gasteiger partial charge in [-0.15, -0.1) is 0 Å². The van der Waals surface area contributed by atoms with Gasteiger partial charge in [-0.3, -0.25) is 4.79 Å². The van der Waals surface area contributed by atoms with Crippen LogP contribution in [-0.4, -0.2) is 30.3 Å². The first-order valence-corrected chi connectivity index (χ1v) is 12.1. The molecule has 0 aliphatic heterocycles. The van der Waals surface area contributed by atoms with Gasteiger partial charge in [0.05, 0.1) is 4.90 Å². The van der Waals surface area contributed by atoms with Crippen LogP contribution in [0.5, 0.6) is 0 Å². The van der Waals surface area contributed by atoms with Gasteiger partial charge in [0.15, 0.2) is 0 Å². The maximum absolute atomic E-state index is 13.7. The lowest BCUT2D eigenvalue weighted by atomic mass is 10.0. The van der Waals surface area contributed by atoms with Crippen molar-refractivity contribution in [2.75, 3.05) is 0 Å². The monoisotopic (exact) mass is 469 g/mol. The molecule has 174 valence electrons. The Hall–Kier alpha value is -3.03. The van der Waals surface area contributed by atoms with Gasteiger partial charge < -0.3 is 4.74 Å². The van der Waals surface area contributed by atoms with Crippen LogP contribution in [0.2, 0.25) is 0 Å². The fourth-order valence-electron chi connectivity index (χ4n) is 3.38. The quantitative estimate of drug-likeness (QED) is 0.437. The number of carbonyl (C=O) groups excluding carboxylic acids is 1. The highest BCUT2D eigenvalue weighted by Crippen LogP contribution is 2.25. The Kier molecular flexibility index (Phi) is 7.66. The third-order valence-corrected chi connectivity index (χ3v) is 6.77. The lowest BCUT2D eigenvalue weighted by Gasteiger charge is -2.32. The van der Waals surface area contributed by atoms with Crippen molar-refractivity contribution in [3.05, 3.63) is 102 Å². The number of halogens is 1. The van der Waals surface area contributed by atoms with Gasteiger partial charge in [-0.25, -0.2) is 12.8 Å². The van der Waals surface area contributed by atoms with Crippen molar-refractivity contribution in [1.82, 2.24) is 4.31 Å². The molecule has 0 radical (unpaired) electrons. The highest BCUT2D eigenvalue weighted by molar-refractivity contribution is 7.89. The third kappa shape index (κ3) is 6.73. The van der Waals surface area contributed by atoms with Crippen molar-refractivity contribution in [2.45, 2.75) is 50.3 Å². The van der Waals surface area contributed by atoms with Crippen molar-refractivity contribution >= 4 is 16.0 Å². The summed E-state index contributed by atoms with van der Waals surface area (Å²) in [5, 5.41) is 0. The molecule has 0 spiro atoms. The molecule has 0 amide bonds. The maximum Gasteiger partial charge on any atom is 0.325 e. The molecule has 3 aromatic carbocycles. The smallest absolute Gasteiger partial charge is 0.325 e. The maximum atomic E-state index is 13.7. The minimum Gasteiger partial charge on any atom is -0.459 e. The van der Waals surface area contributed by atoms with Gasteiger partial charge in [0.2, 0.25) is 10.0 Å². The summed E-state index contributed by atoms with van der Waals surface area (Å²) in [6.07, 6.45) is 0.128. The van der Waals surface area contributed by atoms with E-state index in [9.17, 15) is 17.6 Å². The van der Waals surface area contributed by atoms with Crippen LogP contribution in [0.1, 0.15) is 31.9 Å². The Morgan fingerprint density at radius 3 is 1.91 bits per heavy atom. The molecular formula is C26H28FNO4S. The van der Waals surface area contributed by atoms with E-state index >= 15 is 0 Å². The van der Waals surface area contributed by atoms with Crippen LogP contribution in [0.4, 0.5) is 4.39 Å². The first-order valence-electron chi connectivity index (χ1n) is 10.6. The van der Waals surface area contributed by atoms with Crippen molar-refractivity contribution in [3.63, 3.8) is 0 Å².